The first-order chi connectivity index (χ1) is 14.0. The fourth-order valence-corrected chi connectivity index (χ4v) is 4.28. The number of amides is 2. The number of furan rings is 1. The molecule has 1 aromatic carbocycles. The lowest BCUT2D eigenvalue weighted by molar-refractivity contribution is -0.122. The Morgan fingerprint density at radius 1 is 1.28 bits per heavy atom. The highest BCUT2D eigenvalue weighted by molar-refractivity contribution is 7.98. The van der Waals surface area contributed by atoms with E-state index in [1.807, 2.05) is 0 Å². The molecule has 0 spiro atoms. The number of fused-ring (bicyclic) bond motifs is 1. The minimum absolute atomic E-state index is 0.00998. The van der Waals surface area contributed by atoms with Gasteiger partial charge in [0.05, 0.1) is 29.1 Å². The quantitative estimate of drug-likeness (QED) is 0.619. The van der Waals surface area contributed by atoms with Crippen LogP contribution in [0.2, 0.25) is 5.02 Å². The predicted molar refractivity (Wildman–Crippen MR) is 107 cm³/mol. The van der Waals surface area contributed by atoms with Gasteiger partial charge in [-0.05, 0) is 24.3 Å². The summed E-state index contributed by atoms with van der Waals surface area (Å²) in [5.41, 5.74) is 1.38. The molecule has 0 unspecified atom stereocenters. The van der Waals surface area contributed by atoms with Crippen LogP contribution in [0, 0.1) is 5.82 Å². The maximum Gasteiger partial charge on any atom is 0.261 e. The van der Waals surface area contributed by atoms with Gasteiger partial charge in [-0.25, -0.2) is 9.07 Å². The van der Waals surface area contributed by atoms with E-state index in [1.54, 1.807) is 23.9 Å². The first-order valence-electron chi connectivity index (χ1n) is 8.73. The summed E-state index contributed by atoms with van der Waals surface area (Å²) >= 11 is 7.64. The average molecular weight is 435 g/mol. The Morgan fingerprint density at radius 2 is 2.14 bits per heavy atom. The molecular formula is C19H16ClFN4O3S. The van der Waals surface area contributed by atoms with Crippen molar-refractivity contribution in [3.05, 3.63) is 70.0 Å². The van der Waals surface area contributed by atoms with E-state index < -0.39 is 11.7 Å². The van der Waals surface area contributed by atoms with Gasteiger partial charge in [0.1, 0.15) is 23.9 Å². The van der Waals surface area contributed by atoms with Crippen LogP contribution in [-0.2, 0) is 29.4 Å². The number of carbonyl (C=O) groups is 2. The number of thioether (sulfide) groups is 1. The van der Waals surface area contributed by atoms with Crippen LogP contribution in [0.5, 0.6) is 0 Å². The lowest BCUT2D eigenvalue weighted by atomic mass is 10.2. The van der Waals surface area contributed by atoms with Gasteiger partial charge in [-0.2, -0.15) is 16.9 Å². The minimum Gasteiger partial charge on any atom is -0.467 e. The molecule has 29 heavy (non-hydrogen) atoms. The number of hydrogen-bond donors (Lipinski definition) is 2. The molecule has 1 aliphatic rings. The van der Waals surface area contributed by atoms with Crippen molar-refractivity contribution in [1.82, 2.24) is 15.1 Å². The SMILES string of the molecule is O=C(Cn1nc2c(c1NC(=O)c1c(F)cccc1Cl)CSC2)NCc1ccco1. The second-order valence-corrected chi connectivity index (χ2v) is 7.72. The summed E-state index contributed by atoms with van der Waals surface area (Å²) in [5.74, 6) is 0.620. The lowest BCUT2D eigenvalue weighted by Gasteiger charge is -2.12. The van der Waals surface area contributed by atoms with Crippen molar-refractivity contribution in [3.8, 4) is 0 Å². The zero-order chi connectivity index (χ0) is 20.4. The minimum atomic E-state index is -0.719. The molecular weight excluding hydrogens is 419 g/mol. The Labute approximate surface area is 174 Å². The van der Waals surface area contributed by atoms with Crippen molar-refractivity contribution in [2.75, 3.05) is 5.32 Å². The molecule has 0 fully saturated rings. The summed E-state index contributed by atoms with van der Waals surface area (Å²) in [6.07, 6.45) is 1.53. The number of nitrogens with zero attached hydrogens (tertiary/aromatic N) is 2. The normalized spacial score (nSPS) is 12.6. The number of benzene rings is 1. The summed E-state index contributed by atoms with van der Waals surface area (Å²) < 4.78 is 20.7. The van der Waals surface area contributed by atoms with Crippen LogP contribution in [0.25, 0.3) is 0 Å². The molecule has 150 valence electrons. The van der Waals surface area contributed by atoms with Crippen molar-refractivity contribution < 1.29 is 18.4 Å². The number of rotatable bonds is 6. The molecule has 3 heterocycles. The van der Waals surface area contributed by atoms with Crippen LogP contribution >= 0.6 is 23.4 Å². The van der Waals surface area contributed by atoms with E-state index in [4.69, 9.17) is 16.0 Å². The van der Waals surface area contributed by atoms with Gasteiger partial charge in [0.15, 0.2) is 0 Å². The zero-order valence-electron chi connectivity index (χ0n) is 15.1. The van der Waals surface area contributed by atoms with Crippen LogP contribution in [-0.4, -0.2) is 21.6 Å². The molecule has 3 aromatic rings. The second-order valence-electron chi connectivity index (χ2n) is 6.33. The number of carbonyl (C=O) groups excluding carboxylic acids is 2. The first-order valence-corrected chi connectivity index (χ1v) is 10.3. The molecule has 0 radical (unpaired) electrons. The Bertz CT molecular complexity index is 1050. The van der Waals surface area contributed by atoms with Crippen molar-refractivity contribution in [2.45, 2.75) is 24.6 Å². The summed E-state index contributed by atoms with van der Waals surface area (Å²) in [5, 5.41) is 9.87. The Balaban J connectivity index is 1.53. The number of halogens is 2. The van der Waals surface area contributed by atoms with E-state index in [-0.39, 0.29) is 29.6 Å². The van der Waals surface area contributed by atoms with E-state index in [1.165, 1.54) is 29.1 Å². The van der Waals surface area contributed by atoms with E-state index in [9.17, 15) is 14.0 Å². The molecule has 0 bridgehead atoms. The highest BCUT2D eigenvalue weighted by Crippen LogP contribution is 2.35. The third-order valence-corrected chi connectivity index (χ3v) is 5.66. The Kier molecular flexibility index (Phi) is 5.59. The monoisotopic (exact) mass is 434 g/mol. The van der Waals surface area contributed by atoms with Crippen LogP contribution in [0.4, 0.5) is 10.2 Å². The Morgan fingerprint density at radius 3 is 2.90 bits per heavy atom. The fourth-order valence-electron chi connectivity index (χ4n) is 3.00. The van der Waals surface area contributed by atoms with Crippen molar-refractivity contribution >= 4 is 41.0 Å². The molecule has 2 N–H and O–H groups in total. The first kappa shape index (κ1) is 19.5. The molecule has 2 amide bonds. The topological polar surface area (TPSA) is 89.2 Å². The number of aromatic nitrogens is 2. The summed E-state index contributed by atoms with van der Waals surface area (Å²) in [4.78, 5) is 25.0. The van der Waals surface area contributed by atoms with Gasteiger partial charge in [-0.15, -0.1) is 0 Å². The predicted octanol–water partition coefficient (Wildman–Crippen LogP) is 3.58. The lowest BCUT2D eigenvalue weighted by Crippen LogP contribution is -2.28. The molecule has 10 heteroatoms. The van der Waals surface area contributed by atoms with E-state index in [0.717, 1.165) is 11.3 Å². The smallest absolute Gasteiger partial charge is 0.261 e. The fraction of sp³-hybridized carbons (Fsp3) is 0.211. The van der Waals surface area contributed by atoms with Gasteiger partial charge >= 0.3 is 0 Å². The molecule has 0 saturated heterocycles. The van der Waals surface area contributed by atoms with Crippen LogP contribution in [0.15, 0.2) is 41.0 Å². The standard InChI is InChI=1S/C19H16ClFN4O3S/c20-13-4-1-5-14(21)17(13)19(27)23-18-12-9-29-10-15(12)24-25(18)8-16(26)22-7-11-3-2-6-28-11/h1-6H,7-10H2,(H,22,26)(H,23,27). The van der Waals surface area contributed by atoms with Gasteiger partial charge in [0.25, 0.3) is 5.91 Å². The van der Waals surface area contributed by atoms with Gasteiger partial charge in [0.2, 0.25) is 5.91 Å². The molecule has 2 aromatic heterocycles. The van der Waals surface area contributed by atoms with Gasteiger partial charge in [-0.3, -0.25) is 9.59 Å². The summed E-state index contributed by atoms with van der Waals surface area (Å²) in [6.45, 7) is 0.147. The van der Waals surface area contributed by atoms with Crippen LogP contribution in [0.3, 0.4) is 0 Å². The van der Waals surface area contributed by atoms with E-state index in [2.05, 4.69) is 15.7 Å². The Hall–Kier alpha value is -2.78. The second kappa shape index (κ2) is 8.30. The summed E-state index contributed by atoms with van der Waals surface area (Å²) in [7, 11) is 0. The highest BCUT2D eigenvalue weighted by Gasteiger charge is 2.26. The molecule has 4 rings (SSSR count). The van der Waals surface area contributed by atoms with Crippen molar-refractivity contribution in [3.63, 3.8) is 0 Å². The highest BCUT2D eigenvalue weighted by atomic mass is 35.5. The summed E-state index contributed by atoms with van der Waals surface area (Å²) in [6, 6.07) is 7.53. The molecule has 0 saturated carbocycles. The van der Waals surface area contributed by atoms with Gasteiger partial charge in [0, 0.05) is 17.1 Å². The maximum atomic E-state index is 14.1. The molecule has 0 atom stereocenters. The largest absolute Gasteiger partial charge is 0.467 e. The zero-order valence-corrected chi connectivity index (χ0v) is 16.6. The number of hydrogen-bond acceptors (Lipinski definition) is 5. The van der Waals surface area contributed by atoms with E-state index >= 15 is 0 Å². The molecule has 1 aliphatic heterocycles. The molecule has 7 nitrogen and oxygen atoms in total. The van der Waals surface area contributed by atoms with Crippen molar-refractivity contribution in [1.29, 1.82) is 0 Å². The van der Waals surface area contributed by atoms with Crippen LogP contribution < -0.4 is 10.6 Å². The van der Waals surface area contributed by atoms with Crippen molar-refractivity contribution in [2.24, 2.45) is 0 Å². The number of anilines is 1. The third-order valence-electron chi connectivity index (χ3n) is 4.37. The van der Waals surface area contributed by atoms with E-state index in [0.29, 0.717) is 23.1 Å². The number of nitrogens with one attached hydrogen (secondary N) is 2. The van der Waals surface area contributed by atoms with Crippen LogP contribution in [0.1, 0.15) is 27.4 Å². The van der Waals surface area contributed by atoms with Gasteiger partial charge in [-0.1, -0.05) is 17.7 Å². The van der Waals surface area contributed by atoms with Gasteiger partial charge < -0.3 is 15.1 Å². The average Bonchev–Trinajstić information content (AvgIpc) is 3.40. The molecule has 0 aliphatic carbocycles. The maximum absolute atomic E-state index is 14.1. The third kappa shape index (κ3) is 4.15.